The Morgan fingerprint density at radius 3 is 2.57 bits per heavy atom. The third kappa shape index (κ3) is 4.42. The number of nitrogens with zero attached hydrogens (tertiary/aromatic N) is 2. The molecule has 1 fully saturated rings. The van der Waals surface area contributed by atoms with Crippen molar-refractivity contribution in [3.63, 3.8) is 0 Å². The number of hydrogen-bond donors (Lipinski definition) is 1. The van der Waals surface area contributed by atoms with Crippen LogP contribution in [0.1, 0.15) is 55.3 Å². The van der Waals surface area contributed by atoms with Gasteiger partial charge in [-0.15, -0.1) is 0 Å². The van der Waals surface area contributed by atoms with Crippen LogP contribution in [0, 0.1) is 5.92 Å². The van der Waals surface area contributed by atoms with E-state index in [2.05, 4.69) is 28.5 Å². The molecular formula is C23H29N3O3S. The summed E-state index contributed by atoms with van der Waals surface area (Å²) in [7, 11) is -3.55. The molecule has 0 unspecified atom stereocenters. The topological polar surface area (TPSA) is 79.4 Å². The van der Waals surface area contributed by atoms with Crippen LogP contribution < -0.4 is 5.32 Å². The molecule has 0 bridgehead atoms. The molecule has 2 aromatic rings. The van der Waals surface area contributed by atoms with Crippen LogP contribution in [-0.4, -0.2) is 36.7 Å². The predicted octanol–water partition coefficient (Wildman–Crippen LogP) is 3.24. The largest absolute Gasteiger partial charge is 0.349 e. The molecule has 1 N–H and O–H groups in total. The minimum absolute atomic E-state index is 0.0126. The Morgan fingerprint density at radius 2 is 1.87 bits per heavy atom. The van der Waals surface area contributed by atoms with Gasteiger partial charge in [0.05, 0.1) is 6.04 Å². The summed E-state index contributed by atoms with van der Waals surface area (Å²) < 4.78 is 26.9. The monoisotopic (exact) mass is 427 g/mol. The molecule has 2 heterocycles. The fourth-order valence-corrected chi connectivity index (χ4v) is 5.88. The zero-order chi connectivity index (χ0) is 21.1. The first-order chi connectivity index (χ1) is 14.4. The second-order valence-corrected chi connectivity index (χ2v) is 10.3. The Labute approximate surface area is 178 Å². The van der Waals surface area contributed by atoms with Crippen molar-refractivity contribution < 1.29 is 13.2 Å². The molecule has 1 amide bonds. The first-order valence-electron chi connectivity index (χ1n) is 10.8. The van der Waals surface area contributed by atoms with E-state index in [1.807, 2.05) is 6.92 Å². The van der Waals surface area contributed by atoms with Crippen LogP contribution in [0.25, 0.3) is 0 Å². The summed E-state index contributed by atoms with van der Waals surface area (Å²) in [5.41, 5.74) is 3.99. The van der Waals surface area contributed by atoms with Crippen molar-refractivity contribution in [2.75, 3.05) is 13.1 Å². The van der Waals surface area contributed by atoms with Gasteiger partial charge in [-0.25, -0.2) is 8.42 Å². The lowest BCUT2D eigenvalue weighted by Gasteiger charge is -2.31. The third-order valence-electron chi connectivity index (χ3n) is 6.33. The fraction of sp³-hybridized carbons (Fsp3) is 0.478. The van der Waals surface area contributed by atoms with Crippen LogP contribution in [0.5, 0.6) is 0 Å². The van der Waals surface area contributed by atoms with Crippen LogP contribution in [-0.2, 0) is 27.7 Å². The van der Waals surface area contributed by atoms with Crippen molar-refractivity contribution in [3.05, 3.63) is 59.4 Å². The van der Waals surface area contributed by atoms with Crippen molar-refractivity contribution in [3.8, 4) is 0 Å². The van der Waals surface area contributed by atoms with Crippen LogP contribution in [0.4, 0.5) is 0 Å². The van der Waals surface area contributed by atoms with Gasteiger partial charge in [-0.3, -0.25) is 9.78 Å². The standard InChI is InChI=1S/C23H29N3O3S/c1-17(20-9-8-18-5-2-3-6-21(18)15-20)25-23(27)19-10-13-26(14-11-19)30(28,29)22-7-4-12-24-16-22/h4,7-9,12,15-17,19H,2-3,5-6,10-11,13-14H2,1H3,(H,25,27)/t17-/m1/s1. The Morgan fingerprint density at radius 1 is 1.13 bits per heavy atom. The van der Waals surface area contributed by atoms with Crippen molar-refractivity contribution in [1.29, 1.82) is 0 Å². The highest BCUT2D eigenvalue weighted by Crippen LogP contribution is 2.27. The number of hydrogen-bond acceptors (Lipinski definition) is 4. The van der Waals surface area contributed by atoms with Crippen LogP contribution in [0.2, 0.25) is 0 Å². The molecule has 160 valence electrons. The molecule has 1 aromatic heterocycles. The highest BCUT2D eigenvalue weighted by atomic mass is 32.2. The van der Waals surface area contributed by atoms with E-state index < -0.39 is 10.0 Å². The van der Waals surface area contributed by atoms with Gasteiger partial charge in [-0.05, 0) is 74.3 Å². The summed E-state index contributed by atoms with van der Waals surface area (Å²) in [6, 6.07) is 9.69. The summed E-state index contributed by atoms with van der Waals surface area (Å²) in [5.74, 6) is -0.149. The van der Waals surface area contributed by atoms with E-state index in [1.54, 1.807) is 18.3 Å². The molecule has 6 nitrogen and oxygen atoms in total. The second-order valence-electron chi connectivity index (χ2n) is 8.33. The molecule has 4 rings (SSSR count). The Balaban J connectivity index is 1.34. The van der Waals surface area contributed by atoms with E-state index in [9.17, 15) is 13.2 Å². The summed E-state index contributed by atoms with van der Waals surface area (Å²) in [5, 5.41) is 3.14. The van der Waals surface area contributed by atoms with Gasteiger partial charge < -0.3 is 5.32 Å². The van der Waals surface area contributed by atoms with E-state index in [0.717, 1.165) is 18.4 Å². The number of sulfonamides is 1. The van der Waals surface area contributed by atoms with E-state index in [0.29, 0.717) is 25.9 Å². The molecule has 1 aliphatic carbocycles. The Kier molecular flexibility index (Phi) is 6.20. The Bertz CT molecular complexity index is 1000. The first-order valence-corrected chi connectivity index (χ1v) is 12.2. The van der Waals surface area contributed by atoms with E-state index in [1.165, 1.54) is 34.5 Å². The number of aryl methyl sites for hydroxylation is 2. The van der Waals surface area contributed by atoms with Crippen molar-refractivity contribution in [2.24, 2.45) is 5.92 Å². The number of pyridine rings is 1. The number of rotatable bonds is 5. The van der Waals surface area contributed by atoms with E-state index in [-0.39, 0.29) is 22.8 Å². The maximum Gasteiger partial charge on any atom is 0.244 e. The van der Waals surface area contributed by atoms with E-state index in [4.69, 9.17) is 0 Å². The maximum absolute atomic E-state index is 12.8. The molecule has 0 radical (unpaired) electrons. The van der Waals surface area contributed by atoms with Gasteiger partial charge >= 0.3 is 0 Å². The van der Waals surface area contributed by atoms with Gasteiger partial charge in [0.2, 0.25) is 15.9 Å². The number of carbonyl (C=O) groups excluding carboxylic acids is 1. The van der Waals surface area contributed by atoms with Gasteiger partial charge in [-0.1, -0.05) is 18.2 Å². The van der Waals surface area contributed by atoms with E-state index >= 15 is 0 Å². The van der Waals surface area contributed by atoms with Gasteiger partial charge in [0.1, 0.15) is 4.90 Å². The molecule has 0 spiro atoms. The average Bonchev–Trinajstić information content (AvgIpc) is 2.79. The number of benzene rings is 1. The normalized spacial score (nSPS) is 19.1. The number of nitrogens with one attached hydrogen (secondary N) is 1. The zero-order valence-electron chi connectivity index (χ0n) is 17.4. The van der Waals surface area contributed by atoms with Crippen molar-refractivity contribution in [1.82, 2.24) is 14.6 Å². The van der Waals surface area contributed by atoms with Gasteiger partial charge in [0.25, 0.3) is 0 Å². The number of aromatic nitrogens is 1. The van der Waals surface area contributed by atoms with Crippen LogP contribution >= 0.6 is 0 Å². The molecule has 1 atom stereocenters. The van der Waals surface area contributed by atoms with Crippen molar-refractivity contribution in [2.45, 2.75) is 56.4 Å². The van der Waals surface area contributed by atoms with Crippen molar-refractivity contribution >= 4 is 15.9 Å². The molecule has 30 heavy (non-hydrogen) atoms. The molecule has 1 aromatic carbocycles. The summed E-state index contributed by atoms with van der Waals surface area (Å²) in [6.45, 7) is 2.72. The molecule has 7 heteroatoms. The number of carbonyl (C=O) groups is 1. The highest BCUT2D eigenvalue weighted by Gasteiger charge is 2.32. The lowest BCUT2D eigenvalue weighted by atomic mass is 9.89. The minimum atomic E-state index is -3.55. The van der Waals surface area contributed by atoms with Gasteiger partial charge in [0, 0.05) is 31.4 Å². The van der Waals surface area contributed by atoms with Gasteiger partial charge in [0.15, 0.2) is 0 Å². The smallest absolute Gasteiger partial charge is 0.244 e. The minimum Gasteiger partial charge on any atom is -0.349 e. The average molecular weight is 428 g/mol. The third-order valence-corrected chi connectivity index (χ3v) is 8.21. The fourth-order valence-electron chi connectivity index (χ4n) is 4.44. The lowest BCUT2D eigenvalue weighted by molar-refractivity contribution is -0.126. The maximum atomic E-state index is 12.8. The molecule has 0 saturated carbocycles. The number of piperidine rings is 1. The Hall–Kier alpha value is -2.25. The highest BCUT2D eigenvalue weighted by molar-refractivity contribution is 7.89. The SMILES string of the molecule is C[C@@H](NC(=O)C1CCN(S(=O)(=O)c2cccnc2)CC1)c1ccc2c(c1)CCCC2. The lowest BCUT2D eigenvalue weighted by Crippen LogP contribution is -2.43. The molecule has 1 saturated heterocycles. The predicted molar refractivity (Wildman–Crippen MR) is 115 cm³/mol. The number of amides is 1. The first kappa shape index (κ1) is 21.0. The summed E-state index contributed by atoms with van der Waals surface area (Å²) >= 11 is 0. The van der Waals surface area contributed by atoms with Crippen LogP contribution in [0.15, 0.2) is 47.6 Å². The number of fused-ring (bicyclic) bond motifs is 1. The summed E-state index contributed by atoms with van der Waals surface area (Å²) in [6.07, 6.45) is 8.74. The molecular weight excluding hydrogens is 398 g/mol. The second kappa shape index (κ2) is 8.86. The molecule has 2 aliphatic rings. The van der Waals surface area contributed by atoms with Crippen LogP contribution in [0.3, 0.4) is 0 Å². The quantitative estimate of drug-likeness (QED) is 0.795. The van der Waals surface area contributed by atoms with Gasteiger partial charge in [-0.2, -0.15) is 4.31 Å². The zero-order valence-corrected chi connectivity index (χ0v) is 18.2. The summed E-state index contributed by atoms with van der Waals surface area (Å²) in [4.78, 5) is 16.9. The molecule has 1 aliphatic heterocycles.